The van der Waals surface area contributed by atoms with Crippen LogP contribution in [-0.2, 0) is 9.68 Å². The first kappa shape index (κ1) is 30.0. The van der Waals surface area contributed by atoms with Crippen LogP contribution < -0.4 is 0 Å². The first-order valence-electron chi connectivity index (χ1n) is 8.81. The van der Waals surface area contributed by atoms with E-state index in [4.69, 9.17) is 20.3 Å². The molecule has 6 heteroatoms. The number of aryl methyl sites for hydroxylation is 1. The minimum atomic E-state index is -0.879. The van der Waals surface area contributed by atoms with Crippen LogP contribution in [0.15, 0.2) is 60.7 Å². The molecule has 0 bridgehead atoms. The Bertz CT molecular complexity index is 600. The second kappa shape index (κ2) is 19.1. The highest BCUT2D eigenvalue weighted by Crippen LogP contribution is 2.01. The van der Waals surface area contributed by atoms with Crippen LogP contribution >= 0.6 is 0 Å². The molecule has 0 aliphatic rings. The van der Waals surface area contributed by atoms with Crippen molar-refractivity contribution < 1.29 is 29.9 Å². The molecule has 6 nitrogen and oxygen atoms in total. The molecule has 2 aromatic rings. The first-order chi connectivity index (χ1) is 13.0. The predicted octanol–water partition coefficient (Wildman–Crippen LogP) is 5.77. The first-order valence-corrected chi connectivity index (χ1v) is 8.81. The molecule has 0 radical (unpaired) electrons. The minimum absolute atomic E-state index is 0.331. The molecule has 0 saturated heterocycles. The molecule has 0 unspecified atom stereocenters. The van der Waals surface area contributed by atoms with Crippen LogP contribution in [0.1, 0.15) is 57.5 Å². The lowest BCUT2D eigenvalue weighted by Crippen LogP contribution is -2.15. The summed E-state index contributed by atoms with van der Waals surface area (Å²) in [5.41, 5.74) is 1.25. The Labute approximate surface area is 168 Å². The molecule has 28 heavy (non-hydrogen) atoms. The fourth-order valence-electron chi connectivity index (χ4n) is 1.12. The van der Waals surface area contributed by atoms with Gasteiger partial charge in [0.1, 0.15) is 0 Å². The third-order valence-electron chi connectivity index (χ3n) is 2.24. The molecular weight excluding hydrogens is 360 g/mol. The van der Waals surface area contributed by atoms with E-state index in [1.165, 1.54) is 5.56 Å². The van der Waals surface area contributed by atoms with Crippen molar-refractivity contribution in [2.45, 2.75) is 54.1 Å². The molecule has 0 amide bonds. The number of benzene rings is 2. The third-order valence-corrected chi connectivity index (χ3v) is 2.24. The summed E-state index contributed by atoms with van der Waals surface area (Å²) in [5, 5.41) is 23.7. The maximum Gasteiger partial charge on any atom is 0.335 e. The van der Waals surface area contributed by atoms with Crippen molar-refractivity contribution in [3.8, 4) is 0 Å². The van der Waals surface area contributed by atoms with Crippen molar-refractivity contribution in [2.75, 3.05) is 0 Å². The van der Waals surface area contributed by atoms with Crippen LogP contribution in [0.2, 0.25) is 0 Å². The number of carboxylic acid groups (broad SMARTS) is 2. The molecular formula is C22H34O6. The lowest BCUT2D eigenvalue weighted by atomic mass is 10.2. The normalized spacial score (nSPS) is 8.71. The number of carboxylic acids is 2. The van der Waals surface area contributed by atoms with Crippen molar-refractivity contribution in [1.82, 2.24) is 0 Å². The van der Waals surface area contributed by atoms with Crippen molar-refractivity contribution in [3.05, 3.63) is 71.8 Å². The highest BCUT2D eigenvalue weighted by Gasteiger charge is 2.07. The molecule has 2 rings (SSSR count). The van der Waals surface area contributed by atoms with Gasteiger partial charge in [0.15, 0.2) is 0 Å². The van der Waals surface area contributed by atoms with Crippen LogP contribution in [-0.4, -0.2) is 33.0 Å². The van der Waals surface area contributed by atoms with Crippen molar-refractivity contribution >= 4 is 11.9 Å². The average Bonchev–Trinajstić information content (AvgIpc) is 2.65. The summed E-state index contributed by atoms with van der Waals surface area (Å²) in [4.78, 5) is 23.1. The predicted molar refractivity (Wildman–Crippen MR) is 113 cm³/mol. The van der Waals surface area contributed by atoms with Gasteiger partial charge in [0.25, 0.3) is 5.97 Å². The SMILES string of the molecule is CC.CC(=O)O.CC(C)(C)OO.Cc1ccccc1.O=C(O)c1ccccc1. The summed E-state index contributed by atoms with van der Waals surface area (Å²) >= 11 is 0. The second-order valence-electron chi connectivity index (χ2n) is 6.05. The summed E-state index contributed by atoms with van der Waals surface area (Å²) < 4.78 is 0. The van der Waals surface area contributed by atoms with Gasteiger partial charge in [0, 0.05) is 6.92 Å². The maximum atomic E-state index is 10.2. The highest BCUT2D eigenvalue weighted by molar-refractivity contribution is 5.87. The molecule has 0 aromatic heterocycles. The van der Waals surface area contributed by atoms with E-state index in [9.17, 15) is 4.79 Å². The van der Waals surface area contributed by atoms with Gasteiger partial charge < -0.3 is 10.2 Å². The largest absolute Gasteiger partial charge is 0.481 e. The third kappa shape index (κ3) is 28.1. The summed E-state index contributed by atoms with van der Waals surface area (Å²) in [5.74, 6) is -1.71. The van der Waals surface area contributed by atoms with Crippen LogP contribution in [0.3, 0.4) is 0 Å². The van der Waals surface area contributed by atoms with Gasteiger partial charge >= 0.3 is 5.97 Å². The molecule has 158 valence electrons. The minimum Gasteiger partial charge on any atom is -0.481 e. The van der Waals surface area contributed by atoms with Gasteiger partial charge in [-0.2, -0.15) is 0 Å². The lowest BCUT2D eigenvalue weighted by Gasteiger charge is -2.10. The van der Waals surface area contributed by atoms with Crippen LogP contribution in [0.4, 0.5) is 0 Å². The average molecular weight is 395 g/mol. The number of aromatic carboxylic acids is 1. The zero-order chi connectivity index (χ0) is 22.6. The number of carbonyl (C=O) groups is 2. The van der Waals surface area contributed by atoms with E-state index >= 15 is 0 Å². The lowest BCUT2D eigenvalue weighted by molar-refractivity contribution is -0.306. The van der Waals surface area contributed by atoms with E-state index < -0.39 is 17.5 Å². The molecule has 0 saturated carbocycles. The zero-order valence-corrected chi connectivity index (χ0v) is 17.8. The summed E-state index contributed by atoms with van der Waals surface area (Å²) in [7, 11) is 0. The van der Waals surface area contributed by atoms with Crippen LogP contribution in [0, 0.1) is 6.92 Å². The quantitative estimate of drug-likeness (QED) is 0.419. The molecule has 0 heterocycles. The molecule has 0 aliphatic carbocycles. The Hall–Kier alpha value is -2.70. The molecule has 0 atom stereocenters. The number of hydrogen-bond acceptors (Lipinski definition) is 4. The van der Waals surface area contributed by atoms with Crippen molar-refractivity contribution in [1.29, 1.82) is 0 Å². The summed E-state index contributed by atoms with van der Waals surface area (Å²) in [6.45, 7) is 12.5. The molecule has 3 N–H and O–H groups in total. The van der Waals surface area contributed by atoms with Gasteiger partial charge in [0.2, 0.25) is 0 Å². The van der Waals surface area contributed by atoms with E-state index in [1.54, 1.807) is 51.1 Å². The summed E-state index contributed by atoms with van der Waals surface area (Å²) in [6.07, 6.45) is 0. The Morgan fingerprint density at radius 1 is 0.821 bits per heavy atom. The van der Waals surface area contributed by atoms with Gasteiger partial charge in [0.05, 0.1) is 11.2 Å². The molecule has 2 aromatic carbocycles. The smallest absolute Gasteiger partial charge is 0.335 e. The molecule has 0 fully saturated rings. The highest BCUT2D eigenvalue weighted by atomic mass is 17.1. The van der Waals surface area contributed by atoms with Crippen LogP contribution in [0.5, 0.6) is 0 Å². The summed E-state index contributed by atoms with van der Waals surface area (Å²) in [6, 6.07) is 18.6. The molecule has 0 aliphatic heterocycles. The Morgan fingerprint density at radius 3 is 1.25 bits per heavy atom. The fraction of sp³-hybridized carbons (Fsp3) is 0.364. The van der Waals surface area contributed by atoms with Gasteiger partial charge in [-0.1, -0.05) is 67.9 Å². The van der Waals surface area contributed by atoms with Gasteiger partial charge in [-0.15, -0.1) is 0 Å². The van der Waals surface area contributed by atoms with E-state index in [0.717, 1.165) is 6.92 Å². The fourth-order valence-corrected chi connectivity index (χ4v) is 1.12. The Balaban J connectivity index is -0.000000299. The number of aliphatic carboxylic acids is 1. The Morgan fingerprint density at radius 2 is 1.11 bits per heavy atom. The van der Waals surface area contributed by atoms with E-state index in [2.05, 4.69) is 23.9 Å². The topological polar surface area (TPSA) is 104 Å². The van der Waals surface area contributed by atoms with Gasteiger partial charge in [-0.3, -0.25) is 10.1 Å². The van der Waals surface area contributed by atoms with Gasteiger partial charge in [-0.05, 0) is 39.8 Å². The number of rotatable bonds is 1. The van der Waals surface area contributed by atoms with E-state index in [0.29, 0.717) is 5.56 Å². The van der Waals surface area contributed by atoms with Crippen LogP contribution in [0.25, 0.3) is 0 Å². The monoisotopic (exact) mass is 394 g/mol. The second-order valence-corrected chi connectivity index (χ2v) is 6.05. The Kier molecular flexibility index (Phi) is 20.5. The molecule has 0 spiro atoms. The van der Waals surface area contributed by atoms with Crippen molar-refractivity contribution in [2.24, 2.45) is 0 Å². The van der Waals surface area contributed by atoms with E-state index in [1.807, 2.05) is 32.0 Å². The number of hydrogen-bond donors (Lipinski definition) is 3. The van der Waals surface area contributed by atoms with E-state index in [-0.39, 0.29) is 0 Å². The van der Waals surface area contributed by atoms with Gasteiger partial charge in [-0.25, -0.2) is 9.68 Å². The zero-order valence-electron chi connectivity index (χ0n) is 17.8. The standard InChI is InChI=1S/C7H6O2.C7H8.C4H10O2.C2H4O2.C2H6/c8-7(9)6-4-2-1-3-5-6;1-7-5-3-2-4-6-7;1-4(2,3)6-5;1-2(3)4;1-2/h1-5H,(H,8,9);2-6H,1H3;5H,1-3H3;1H3,(H,3,4);1-2H3. The maximum absolute atomic E-state index is 10.2. The van der Waals surface area contributed by atoms with Crippen molar-refractivity contribution in [3.63, 3.8) is 0 Å².